The molecule has 380 valence electrons. The zero-order valence-corrected chi connectivity index (χ0v) is 41.5. The Bertz CT molecular complexity index is 2240. The minimum Gasteiger partial charge on any atom is -0.491 e. The summed E-state index contributed by atoms with van der Waals surface area (Å²) in [6.45, 7) is 1.88. The fraction of sp³-hybridized carbons (Fsp3) is 0.345. The van der Waals surface area contributed by atoms with Crippen molar-refractivity contribution in [3.8, 4) is 28.7 Å². The Kier molecular flexibility index (Phi) is 25.2. The lowest BCUT2D eigenvalue weighted by molar-refractivity contribution is -0.128. The lowest BCUT2D eigenvalue weighted by Gasteiger charge is -2.27. The fourth-order valence-electron chi connectivity index (χ4n) is 6.53. The van der Waals surface area contributed by atoms with Crippen LogP contribution in [0.5, 0.6) is 28.7 Å². The largest absolute Gasteiger partial charge is 0.491 e. The Balaban J connectivity index is 1.14. The van der Waals surface area contributed by atoms with Crippen LogP contribution in [-0.4, -0.2) is 125 Å². The van der Waals surface area contributed by atoms with Crippen molar-refractivity contribution in [1.82, 2.24) is 0 Å². The van der Waals surface area contributed by atoms with Crippen molar-refractivity contribution in [2.45, 2.75) is 41.8 Å². The van der Waals surface area contributed by atoms with Crippen LogP contribution in [0.25, 0.3) is 0 Å². The molecule has 0 amide bonds. The number of para-hydroxylation sites is 5. The molecule has 0 bridgehead atoms. The number of hydrogen-bond donors (Lipinski definition) is 2. The van der Waals surface area contributed by atoms with Crippen LogP contribution in [0, 0.1) is 0 Å². The topological polar surface area (TPSA) is 159 Å². The molecule has 2 N–H and O–H groups in total. The van der Waals surface area contributed by atoms with E-state index < -0.39 is 38.4 Å². The zero-order chi connectivity index (χ0) is 49.4. The van der Waals surface area contributed by atoms with Crippen molar-refractivity contribution in [3.05, 3.63) is 182 Å². The minimum atomic E-state index is -4.28. The number of hydrogen-bond acceptors (Lipinski definition) is 13. The van der Waals surface area contributed by atoms with Crippen molar-refractivity contribution in [3.63, 3.8) is 0 Å². The van der Waals surface area contributed by atoms with E-state index in [4.69, 9.17) is 61.9 Å². The van der Waals surface area contributed by atoms with Gasteiger partial charge in [-0.25, -0.2) is 0 Å². The van der Waals surface area contributed by atoms with Crippen molar-refractivity contribution in [2.24, 2.45) is 0 Å². The molecule has 16 heteroatoms. The average molecular weight is 1010 g/mol. The molecule has 0 fully saturated rings. The first-order chi connectivity index (χ1) is 34.8. The summed E-state index contributed by atoms with van der Waals surface area (Å²) in [4.78, 5) is 19.5. The van der Waals surface area contributed by atoms with Crippen molar-refractivity contribution in [2.75, 3.05) is 84.8 Å². The van der Waals surface area contributed by atoms with Gasteiger partial charge >= 0.3 is 7.60 Å². The molecule has 0 aliphatic rings. The quantitative estimate of drug-likeness (QED) is 0.0216. The molecule has 0 radical (unpaired) electrons. The van der Waals surface area contributed by atoms with Crippen LogP contribution in [0.3, 0.4) is 0 Å². The number of ether oxygens (including phenoxy) is 11. The number of thioether (sulfide) groups is 1. The van der Waals surface area contributed by atoms with Gasteiger partial charge in [0.25, 0.3) is 0 Å². The van der Waals surface area contributed by atoms with Crippen LogP contribution < -0.4 is 23.7 Å². The summed E-state index contributed by atoms with van der Waals surface area (Å²) in [7, 11) is -4.28. The highest BCUT2D eigenvalue weighted by Crippen LogP contribution is 2.33. The Morgan fingerprint density at radius 3 is 1.00 bits per heavy atom. The maximum atomic E-state index is 11.2. The lowest BCUT2D eigenvalue weighted by atomic mass is 10.3. The molecule has 14 nitrogen and oxygen atoms in total. The lowest BCUT2D eigenvalue weighted by Crippen LogP contribution is -2.39. The molecule has 6 rings (SSSR count). The van der Waals surface area contributed by atoms with Crippen LogP contribution in [0.1, 0.15) is 6.42 Å². The van der Waals surface area contributed by atoms with Gasteiger partial charge in [-0.1, -0.05) is 109 Å². The van der Waals surface area contributed by atoms with E-state index in [2.05, 4.69) is 12.1 Å². The SMILES string of the molecule is O=P(O)(O)COCCCOC(COc1ccccc1)COC(COc1ccccc1)COC(COc1ccccc1)COC(COc1ccccc1)COC(COc1ccccc1)CSc1ccccc1. The molecule has 0 aliphatic carbocycles. The van der Waals surface area contributed by atoms with E-state index in [1.54, 1.807) is 11.8 Å². The molecule has 0 aromatic heterocycles. The molecule has 5 unspecified atom stereocenters. The summed E-state index contributed by atoms with van der Waals surface area (Å²) in [5, 5.41) is 0. The molecule has 6 aromatic rings. The minimum absolute atomic E-state index is 0.0960. The van der Waals surface area contributed by atoms with Crippen LogP contribution in [-0.2, 0) is 33.0 Å². The highest BCUT2D eigenvalue weighted by Gasteiger charge is 2.23. The Morgan fingerprint density at radius 1 is 0.366 bits per heavy atom. The molecular weight excluding hydrogens is 948 g/mol. The van der Waals surface area contributed by atoms with E-state index >= 15 is 0 Å². The summed E-state index contributed by atoms with van der Waals surface area (Å²) in [6, 6.07) is 57.8. The predicted octanol–water partition coefficient (Wildman–Crippen LogP) is 9.64. The molecule has 6 aromatic carbocycles. The zero-order valence-electron chi connectivity index (χ0n) is 39.8. The van der Waals surface area contributed by atoms with Crippen molar-refractivity contribution >= 4 is 19.4 Å². The molecule has 0 saturated carbocycles. The number of rotatable bonds is 37. The summed E-state index contributed by atoms with van der Waals surface area (Å²) >= 11 is 1.69. The van der Waals surface area contributed by atoms with Crippen molar-refractivity contribution < 1.29 is 66.5 Å². The van der Waals surface area contributed by atoms with Gasteiger partial charge < -0.3 is 61.9 Å². The third kappa shape index (κ3) is 24.0. The van der Waals surface area contributed by atoms with Gasteiger partial charge in [-0.2, -0.15) is 0 Å². The second-order valence-corrected chi connectivity index (χ2v) is 18.8. The van der Waals surface area contributed by atoms with Gasteiger partial charge in [-0.15, -0.1) is 11.8 Å². The van der Waals surface area contributed by atoms with Crippen LogP contribution in [0.2, 0.25) is 0 Å². The summed E-state index contributed by atoms with van der Waals surface area (Å²) in [6.07, 6.45) is -2.76. The van der Waals surface area contributed by atoms with Crippen molar-refractivity contribution in [1.29, 1.82) is 0 Å². The normalized spacial score (nSPS) is 13.6. The van der Waals surface area contributed by atoms with Crippen LogP contribution in [0.15, 0.2) is 187 Å². The first kappa shape index (κ1) is 54.9. The van der Waals surface area contributed by atoms with Gasteiger partial charge in [0.15, 0.2) is 0 Å². The summed E-state index contributed by atoms with van der Waals surface area (Å²) in [5.74, 6) is 4.11. The molecule has 0 saturated heterocycles. The van der Waals surface area contributed by atoms with Gasteiger partial charge in [-0.3, -0.25) is 4.57 Å². The van der Waals surface area contributed by atoms with Gasteiger partial charge in [0.1, 0.15) is 98.6 Å². The third-order valence-corrected chi connectivity index (χ3v) is 11.9. The molecular formula is C55H65O14PS. The second kappa shape index (κ2) is 32.5. The van der Waals surface area contributed by atoms with Crippen LogP contribution >= 0.6 is 19.4 Å². The molecule has 0 heterocycles. The van der Waals surface area contributed by atoms with E-state index in [9.17, 15) is 4.57 Å². The third-order valence-electron chi connectivity index (χ3n) is 10.2. The Labute approximate surface area is 421 Å². The first-order valence-corrected chi connectivity index (χ1v) is 26.4. The summed E-state index contributed by atoms with van der Waals surface area (Å²) < 4.78 is 79.9. The highest BCUT2D eigenvalue weighted by molar-refractivity contribution is 7.99. The first-order valence-electron chi connectivity index (χ1n) is 23.6. The maximum Gasteiger partial charge on any atom is 0.350 e. The van der Waals surface area contributed by atoms with Gasteiger partial charge in [0.05, 0.1) is 26.4 Å². The standard InChI is InChI=1S/C55H65O14PS/c56-70(57,58)44-59-32-19-33-60-50(34-61-45-20-7-1-8-21-45)35-66-51(36-62-46-22-9-2-10-23-46)39-67-52(37-63-47-24-11-3-12-25-47)40-68-53(38-64-48-26-13-4-14-27-48)41-69-54(42-65-49-28-15-5-16-29-49)43-71-55-30-17-6-18-31-55/h1-18,20-31,50-54H,19,32-44H2,(H2,56,57,58). The Morgan fingerprint density at radius 2 is 0.662 bits per heavy atom. The van der Waals surface area contributed by atoms with Gasteiger partial charge in [0.2, 0.25) is 0 Å². The predicted molar refractivity (Wildman–Crippen MR) is 273 cm³/mol. The average Bonchev–Trinajstić information content (AvgIpc) is 3.41. The Hall–Kier alpha value is -5.42. The van der Waals surface area contributed by atoms with E-state index in [1.165, 1.54) is 0 Å². The monoisotopic (exact) mass is 1010 g/mol. The maximum absolute atomic E-state index is 11.2. The smallest absolute Gasteiger partial charge is 0.350 e. The van der Waals surface area contributed by atoms with E-state index in [1.807, 2.05) is 170 Å². The fourth-order valence-corrected chi connectivity index (χ4v) is 7.81. The van der Waals surface area contributed by atoms with E-state index in [0.717, 1.165) is 10.6 Å². The van der Waals surface area contributed by atoms with E-state index in [0.29, 0.717) is 41.8 Å². The summed E-state index contributed by atoms with van der Waals surface area (Å²) in [5.41, 5.74) is 0. The van der Waals surface area contributed by atoms with Gasteiger partial charge in [0, 0.05) is 23.9 Å². The molecule has 71 heavy (non-hydrogen) atoms. The molecule has 5 atom stereocenters. The second-order valence-electron chi connectivity index (χ2n) is 16.1. The van der Waals surface area contributed by atoms with Crippen LogP contribution in [0.4, 0.5) is 0 Å². The molecule has 0 aliphatic heterocycles. The number of benzene rings is 6. The van der Waals surface area contributed by atoms with E-state index in [-0.39, 0.29) is 72.2 Å². The van der Waals surface area contributed by atoms with Gasteiger partial charge in [-0.05, 0) is 79.2 Å². The molecule has 0 spiro atoms. The highest BCUT2D eigenvalue weighted by atomic mass is 32.2.